The van der Waals surface area contributed by atoms with Gasteiger partial charge in [0.05, 0.1) is 12.4 Å². The van der Waals surface area contributed by atoms with Gasteiger partial charge in [-0.3, -0.25) is 4.79 Å². The molecule has 1 aliphatic heterocycles. The SMILES string of the molecule is COc1ccc(-c2nnc(S[C@@H]3CCc4ccccc4NC3=O)o2)cc1. The first-order valence-electron chi connectivity index (χ1n) is 8.26. The summed E-state index contributed by atoms with van der Waals surface area (Å²) in [6.45, 7) is 0. The van der Waals surface area contributed by atoms with Crippen molar-refractivity contribution >= 4 is 23.4 Å². The van der Waals surface area contributed by atoms with Crippen molar-refractivity contribution in [1.29, 1.82) is 0 Å². The number of benzene rings is 2. The Morgan fingerprint density at radius 3 is 2.77 bits per heavy atom. The van der Waals surface area contributed by atoms with Crippen LogP contribution in [0.5, 0.6) is 5.75 Å². The van der Waals surface area contributed by atoms with Crippen molar-refractivity contribution in [3.63, 3.8) is 0 Å². The Bertz CT molecular complexity index is 924. The molecule has 2 aromatic carbocycles. The molecule has 2 heterocycles. The fourth-order valence-corrected chi connectivity index (χ4v) is 3.69. The number of amides is 1. The second-order valence-electron chi connectivity index (χ2n) is 5.89. The van der Waals surface area contributed by atoms with Gasteiger partial charge in [0.1, 0.15) is 5.75 Å². The predicted molar refractivity (Wildman–Crippen MR) is 99.3 cm³/mol. The number of para-hydroxylation sites is 1. The third-order valence-corrected chi connectivity index (χ3v) is 5.33. The average molecular weight is 367 g/mol. The van der Waals surface area contributed by atoms with Crippen LogP contribution in [0, 0.1) is 0 Å². The van der Waals surface area contributed by atoms with E-state index in [9.17, 15) is 4.79 Å². The van der Waals surface area contributed by atoms with Crippen molar-refractivity contribution in [2.75, 3.05) is 12.4 Å². The Hall–Kier alpha value is -2.80. The maximum absolute atomic E-state index is 12.5. The molecule has 1 atom stereocenters. The number of thioether (sulfide) groups is 1. The highest BCUT2D eigenvalue weighted by molar-refractivity contribution is 8.00. The van der Waals surface area contributed by atoms with E-state index in [0.717, 1.165) is 29.0 Å². The van der Waals surface area contributed by atoms with Crippen LogP contribution in [-0.4, -0.2) is 28.5 Å². The van der Waals surface area contributed by atoms with Crippen LogP contribution >= 0.6 is 11.8 Å². The van der Waals surface area contributed by atoms with Crippen molar-refractivity contribution in [3.05, 3.63) is 54.1 Å². The van der Waals surface area contributed by atoms with Gasteiger partial charge in [0.2, 0.25) is 11.8 Å². The molecule has 132 valence electrons. The summed E-state index contributed by atoms with van der Waals surface area (Å²) in [5.74, 6) is 1.15. The van der Waals surface area contributed by atoms with Gasteiger partial charge >= 0.3 is 0 Å². The van der Waals surface area contributed by atoms with Crippen LogP contribution in [0.25, 0.3) is 11.5 Å². The minimum Gasteiger partial charge on any atom is -0.497 e. The van der Waals surface area contributed by atoms with Crippen LogP contribution in [0.15, 0.2) is 58.2 Å². The molecule has 6 nitrogen and oxygen atoms in total. The van der Waals surface area contributed by atoms with E-state index in [-0.39, 0.29) is 11.2 Å². The second-order valence-corrected chi connectivity index (χ2v) is 7.05. The molecular formula is C19H17N3O3S. The van der Waals surface area contributed by atoms with E-state index < -0.39 is 0 Å². The van der Waals surface area contributed by atoms with Gasteiger partial charge in [-0.25, -0.2) is 0 Å². The van der Waals surface area contributed by atoms with E-state index in [2.05, 4.69) is 15.5 Å². The number of carbonyl (C=O) groups excluding carboxylic acids is 1. The zero-order chi connectivity index (χ0) is 17.9. The summed E-state index contributed by atoms with van der Waals surface area (Å²) in [4.78, 5) is 12.5. The number of hydrogen-bond acceptors (Lipinski definition) is 6. The van der Waals surface area contributed by atoms with Crippen LogP contribution in [0.3, 0.4) is 0 Å². The lowest BCUT2D eigenvalue weighted by atomic mass is 10.1. The number of ether oxygens (including phenoxy) is 1. The summed E-state index contributed by atoms with van der Waals surface area (Å²) in [6.07, 6.45) is 1.54. The van der Waals surface area contributed by atoms with Gasteiger partial charge in [0, 0.05) is 11.3 Å². The molecule has 0 saturated carbocycles. The molecule has 1 aliphatic rings. The first-order valence-corrected chi connectivity index (χ1v) is 9.14. The van der Waals surface area contributed by atoms with Gasteiger partial charge < -0.3 is 14.5 Å². The minimum atomic E-state index is -0.272. The summed E-state index contributed by atoms with van der Waals surface area (Å²) >= 11 is 1.30. The summed E-state index contributed by atoms with van der Waals surface area (Å²) in [6, 6.07) is 15.3. The minimum absolute atomic E-state index is 0.0378. The van der Waals surface area contributed by atoms with Gasteiger partial charge in [0.25, 0.3) is 5.22 Å². The summed E-state index contributed by atoms with van der Waals surface area (Å²) in [5.41, 5.74) is 2.83. The first-order chi connectivity index (χ1) is 12.7. The first kappa shape index (κ1) is 16.7. The van der Waals surface area contributed by atoms with E-state index in [1.807, 2.05) is 48.5 Å². The number of aryl methyl sites for hydroxylation is 1. The molecule has 1 aromatic heterocycles. The quantitative estimate of drug-likeness (QED) is 0.756. The predicted octanol–water partition coefficient (Wildman–Crippen LogP) is 3.79. The molecule has 4 rings (SSSR count). The van der Waals surface area contributed by atoms with Crippen LogP contribution in [0.2, 0.25) is 0 Å². The van der Waals surface area contributed by atoms with E-state index in [1.54, 1.807) is 7.11 Å². The van der Waals surface area contributed by atoms with Crippen LogP contribution in [-0.2, 0) is 11.2 Å². The molecule has 0 saturated heterocycles. The highest BCUT2D eigenvalue weighted by Gasteiger charge is 2.26. The smallest absolute Gasteiger partial charge is 0.277 e. The summed E-state index contributed by atoms with van der Waals surface area (Å²) in [7, 11) is 1.62. The van der Waals surface area contributed by atoms with Crippen molar-refractivity contribution in [3.8, 4) is 17.2 Å². The standard InChI is InChI=1S/C19H17N3O3S/c1-24-14-9-6-13(7-10-14)18-21-22-19(25-18)26-16-11-8-12-4-2-3-5-15(12)20-17(16)23/h2-7,9-10,16H,8,11H2,1H3,(H,20,23)/t16-/m1/s1. The van der Waals surface area contributed by atoms with E-state index in [4.69, 9.17) is 9.15 Å². The number of aromatic nitrogens is 2. The van der Waals surface area contributed by atoms with Gasteiger partial charge in [-0.1, -0.05) is 30.0 Å². The maximum Gasteiger partial charge on any atom is 0.277 e. The fourth-order valence-electron chi connectivity index (χ4n) is 2.83. The van der Waals surface area contributed by atoms with Crippen LogP contribution < -0.4 is 10.1 Å². The molecule has 0 aliphatic carbocycles. The second kappa shape index (κ2) is 7.21. The lowest BCUT2D eigenvalue weighted by Gasteiger charge is -2.09. The molecule has 26 heavy (non-hydrogen) atoms. The molecule has 0 fully saturated rings. The molecular weight excluding hydrogens is 350 g/mol. The van der Waals surface area contributed by atoms with Crippen LogP contribution in [0.1, 0.15) is 12.0 Å². The molecule has 1 amide bonds. The molecule has 1 N–H and O–H groups in total. The van der Waals surface area contributed by atoms with Crippen LogP contribution in [0.4, 0.5) is 5.69 Å². The summed E-state index contributed by atoms with van der Waals surface area (Å²) < 4.78 is 10.9. The Kier molecular flexibility index (Phi) is 4.62. The topological polar surface area (TPSA) is 77.3 Å². The zero-order valence-electron chi connectivity index (χ0n) is 14.1. The third kappa shape index (κ3) is 3.43. The number of anilines is 1. The Morgan fingerprint density at radius 1 is 1.15 bits per heavy atom. The zero-order valence-corrected chi connectivity index (χ0v) is 15.0. The van der Waals surface area contributed by atoms with E-state index in [1.165, 1.54) is 11.8 Å². The van der Waals surface area contributed by atoms with Gasteiger partial charge in [-0.05, 0) is 48.7 Å². The molecule has 0 spiro atoms. The van der Waals surface area contributed by atoms with Gasteiger partial charge in [0.15, 0.2) is 0 Å². The van der Waals surface area contributed by atoms with Crippen molar-refractivity contribution < 1.29 is 13.9 Å². The summed E-state index contributed by atoms with van der Waals surface area (Å²) in [5, 5.41) is 11.3. The molecule has 0 bridgehead atoms. The number of rotatable bonds is 4. The Balaban J connectivity index is 1.48. The van der Waals surface area contributed by atoms with Gasteiger partial charge in [-0.2, -0.15) is 0 Å². The fraction of sp³-hybridized carbons (Fsp3) is 0.211. The van der Waals surface area contributed by atoms with Gasteiger partial charge in [-0.15, -0.1) is 10.2 Å². The van der Waals surface area contributed by atoms with Crippen molar-refractivity contribution in [1.82, 2.24) is 10.2 Å². The maximum atomic E-state index is 12.5. The molecule has 3 aromatic rings. The highest BCUT2D eigenvalue weighted by atomic mass is 32.2. The number of fused-ring (bicyclic) bond motifs is 1. The lowest BCUT2D eigenvalue weighted by molar-refractivity contribution is -0.115. The number of hydrogen-bond donors (Lipinski definition) is 1. The van der Waals surface area contributed by atoms with E-state index in [0.29, 0.717) is 17.5 Å². The molecule has 7 heteroatoms. The Morgan fingerprint density at radius 2 is 1.96 bits per heavy atom. The average Bonchev–Trinajstić information content (AvgIpc) is 3.08. The third-order valence-electron chi connectivity index (χ3n) is 4.23. The number of nitrogens with one attached hydrogen (secondary N) is 1. The largest absolute Gasteiger partial charge is 0.497 e. The number of nitrogens with zero attached hydrogens (tertiary/aromatic N) is 2. The normalized spacial score (nSPS) is 16.5. The lowest BCUT2D eigenvalue weighted by Crippen LogP contribution is -2.23. The molecule has 0 unspecified atom stereocenters. The highest BCUT2D eigenvalue weighted by Crippen LogP contribution is 2.32. The monoisotopic (exact) mass is 367 g/mol. The number of methoxy groups -OCH3 is 1. The van der Waals surface area contributed by atoms with E-state index >= 15 is 0 Å². The number of carbonyl (C=O) groups is 1. The van der Waals surface area contributed by atoms with Crippen molar-refractivity contribution in [2.24, 2.45) is 0 Å². The molecule has 0 radical (unpaired) electrons. The Labute approximate surface area is 155 Å². The van der Waals surface area contributed by atoms with Crippen molar-refractivity contribution in [2.45, 2.75) is 23.3 Å².